The van der Waals surface area contributed by atoms with Crippen LogP contribution >= 0.6 is 0 Å². The van der Waals surface area contributed by atoms with Crippen LogP contribution in [0.4, 0.5) is 0 Å². The van der Waals surface area contributed by atoms with Crippen LogP contribution in [-0.2, 0) is 14.3 Å². The van der Waals surface area contributed by atoms with Gasteiger partial charge in [-0.2, -0.15) is 0 Å². The van der Waals surface area contributed by atoms with Crippen molar-refractivity contribution in [2.75, 3.05) is 6.54 Å². The van der Waals surface area contributed by atoms with E-state index in [1.54, 1.807) is 13.8 Å². The number of rotatable bonds is 4. The largest absolute Gasteiger partial charge is 0.479 e. The minimum atomic E-state index is -1.04. The third-order valence-corrected chi connectivity index (χ3v) is 2.28. The zero-order valence-corrected chi connectivity index (χ0v) is 9.40. The van der Waals surface area contributed by atoms with Crippen LogP contribution in [0, 0.1) is 0 Å². The molecule has 1 heterocycles. The highest BCUT2D eigenvalue weighted by Gasteiger charge is 2.34. The van der Waals surface area contributed by atoms with Crippen LogP contribution in [0.25, 0.3) is 0 Å². The normalized spacial score (nSPS) is 25.4. The van der Waals surface area contributed by atoms with E-state index in [0.717, 1.165) is 0 Å². The second-order valence-electron chi connectivity index (χ2n) is 4.56. The summed E-state index contributed by atoms with van der Waals surface area (Å²) in [7, 11) is 0. The van der Waals surface area contributed by atoms with Gasteiger partial charge in [-0.3, -0.25) is 4.79 Å². The quantitative estimate of drug-likeness (QED) is 0.606. The standard InChI is InChI=1S/C10H17NO5/c1-10(2,15)5-11-8(12)6-3-4-7(16-6)9(13)14/h6-7,15H,3-5H2,1-2H3,(H,11,12)(H,13,14). The van der Waals surface area contributed by atoms with Crippen LogP contribution in [-0.4, -0.2) is 46.4 Å². The van der Waals surface area contributed by atoms with Crippen LogP contribution in [0.2, 0.25) is 0 Å². The topological polar surface area (TPSA) is 95.9 Å². The first-order chi connectivity index (χ1) is 7.29. The Bertz CT molecular complexity index is 283. The summed E-state index contributed by atoms with van der Waals surface area (Å²) in [6.45, 7) is 3.26. The summed E-state index contributed by atoms with van der Waals surface area (Å²) in [4.78, 5) is 22.1. The SMILES string of the molecule is CC(C)(O)CNC(=O)C1CCC(C(=O)O)O1. The first-order valence-corrected chi connectivity index (χ1v) is 5.18. The molecule has 3 N–H and O–H groups in total. The lowest BCUT2D eigenvalue weighted by atomic mass is 10.1. The Morgan fingerprint density at radius 1 is 1.38 bits per heavy atom. The molecule has 6 heteroatoms. The van der Waals surface area contributed by atoms with Crippen LogP contribution in [0.3, 0.4) is 0 Å². The molecule has 16 heavy (non-hydrogen) atoms. The van der Waals surface area contributed by atoms with E-state index in [9.17, 15) is 14.7 Å². The van der Waals surface area contributed by atoms with Gasteiger partial charge in [-0.1, -0.05) is 0 Å². The molecule has 1 aliphatic rings. The molecule has 0 aromatic rings. The summed E-state index contributed by atoms with van der Waals surface area (Å²) in [6, 6.07) is 0. The van der Waals surface area contributed by atoms with E-state index >= 15 is 0 Å². The second kappa shape index (κ2) is 4.80. The summed E-state index contributed by atoms with van der Waals surface area (Å²) in [5, 5.41) is 20.6. The third-order valence-electron chi connectivity index (χ3n) is 2.28. The van der Waals surface area contributed by atoms with Crippen molar-refractivity contribution < 1.29 is 24.5 Å². The number of nitrogens with one attached hydrogen (secondary N) is 1. The van der Waals surface area contributed by atoms with Crippen LogP contribution in [0.15, 0.2) is 0 Å². The Morgan fingerprint density at radius 2 is 1.94 bits per heavy atom. The van der Waals surface area contributed by atoms with Gasteiger partial charge >= 0.3 is 5.97 Å². The minimum absolute atomic E-state index is 0.115. The fraction of sp³-hybridized carbons (Fsp3) is 0.800. The van der Waals surface area contributed by atoms with E-state index in [1.807, 2.05) is 0 Å². The molecule has 0 saturated carbocycles. The van der Waals surface area contributed by atoms with Crippen molar-refractivity contribution in [3.05, 3.63) is 0 Å². The van der Waals surface area contributed by atoms with E-state index in [0.29, 0.717) is 12.8 Å². The van der Waals surface area contributed by atoms with Crippen molar-refractivity contribution in [3.8, 4) is 0 Å². The number of hydrogen-bond donors (Lipinski definition) is 3. The number of carbonyl (C=O) groups is 2. The molecule has 0 radical (unpaired) electrons. The predicted octanol–water partition coefficient (Wildman–Crippen LogP) is -0.494. The molecule has 1 amide bonds. The van der Waals surface area contributed by atoms with E-state index < -0.39 is 23.8 Å². The first-order valence-electron chi connectivity index (χ1n) is 5.18. The molecule has 0 aromatic carbocycles. The molecule has 0 spiro atoms. The fourth-order valence-corrected chi connectivity index (χ4v) is 1.43. The Hall–Kier alpha value is -1.14. The monoisotopic (exact) mass is 231 g/mol. The van der Waals surface area contributed by atoms with Gasteiger partial charge in [0.2, 0.25) is 5.91 Å². The van der Waals surface area contributed by atoms with Crippen molar-refractivity contribution in [1.29, 1.82) is 0 Å². The number of carboxylic acids is 1. The number of aliphatic carboxylic acids is 1. The molecule has 92 valence electrons. The van der Waals surface area contributed by atoms with Crippen molar-refractivity contribution in [2.24, 2.45) is 0 Å². The molecule has 0 bridgehead atoms. The minimum Gasteiger partial charge on any atom is -0.479 e. The maximum absolute atomic E-state index is 11.5. The van der Waals surface area contributed by atoms with Gasteiger partial charge < -0.3 is 20.3 Å². The maximum Gasteiger partial charge on any atom is 0.332 e. The first kappa shape index (κ1) is 12.9. The van der Waals surface area contributed by atoms with Crippen molar-refractivity contribution in [1.82, 2.24) is 5.32 Å². The average Bonchev–Trinajstić information content (AvgIpc) is 2.61. The van der Waals surface area contributed by atoms with Gasteiger partial charge in [0.1, 0.15) is 6.10 Å². The van der Waals surface area contributed by atoms with Gasteiger partial charge in [0, 0.05) is 6.54 Å². The molecule has 6 nitrogen and oxygen atoms in total. The summed E-state index contributed by atoms with van der Waals surface area (Å²) in [6.07, 6.45) is -0.869. The lowest BCUT2D eigenvalue weighted by Crippen LogP contribution is -2.43. The Balaban J connectivity index is 2.37. The summed E-state index contributed by atoms with van der Waals surface area (Å²) in [5.74, 6) is -1.41. The van der Waals surface area contributed by atoms with E-state index in [-0.39, 0.29) is 12.5 Å². The predicted molar refractivity (Wildman–Crippen MR) is 54.8 cm³/mol. The molecule has 1 saturated heterocycles. The Morgan fingerprint density at radius 3 is 2.38 bits per heavy atom. The Labute approximate surface area is 93.6 Å². The van der Waals surface area contributed by atoms with Gasteiger partial charge in [0.05, 0.1) is 5.60 Å². The van der Waals surface area contributed by atoms with Gasteiger partial charge in [0.15, 0.2) is 6.10 Å². The van der Waals surface area contributed by atoms with Crippen LogP contribution in [0.5, 0.6) is 0 Å². The zero-order chi connectivity index (χ0) is 12.3. The highest BCUT2D eigenvalue weighted by atomic mass is 16.5. The summed E-state index contributed by atoms with van der Waals surface area (Å²) < 4.78 is 5.06. The van der Waals surface area contributed by atoms with Crippen LogP contribution < -0.4 is 5.32 Å². The number of hydrogen-bond acceptors (Lipinski definition) is 4. The molecule has 1 rings (SSSR count). The number of ether oxygens (including phenoxy) is 1. The number of carbonyl (C=O) groups excluding carboxylic acids is 1. The third kappa shape index (κ3) is 3.79. The molecule has 2 atom stereocenters. The molecular formula is C10H17NO5. The molecule has 1 fully saturated rings. The molecular weight excluding hydrogens is 214 g/mol. The van der Waals surface area contributed by atoms with Crippen LogP contribution in [0.1, 0.15) is 26.7 Å². The zero-order valence-electron chi connectivity index (χ0n) is 9.40. The number of aliphatic hydroxyl groups is 1. The van der Waals surface area contributed by atoms with Gasteiger partial charge in [-0.15, -0.1) is 0 Å². The lowest BCUT2D eigenvalue weighted by molar-refractivity contribution is -0.152. The number of amides is 1. The fourth-order valence-electron chi connectivity index (χ4n) is 1.43. The number of carboxylic acid groups (broad SMARTS) is 1. The molecule has 2 unspecified atom stereocenters. The van der Waals surface area contributed by atoms with Crippen molar-refractivity contribution >= 4 is 11.9 Å². The van der Waals surface area contributed by atoms with Gasteiger partial charge in [-0.05, 0) is 26.7 Å². The lowest BCUT2D eigenvalue weighted by Gasteiger charge is -2.19. The highest BCUT2D eigenvalue weighted by molar-refractivity contribution is 5.82. The van der Waals surface area contributed by atoms with Crippen molar-refractivity contribution in [3.63, 3.8) is 0 Å². The average molecular weight is 231 g/mol. The second-order valence-corrected chi connectivity index (χ2v) is 4.56. The van der Waals surface area contributed by atoms with E-state index in [4.69, 9.17) is 9.84 Å². The van der Waals surface area contributed by atoms with Gasteiger partial charge in [-0.25, -0.2) is 4.79 Å². The smallest absolute Gasteiger partial charge is 0.332 e. The van der Waals surface area contributed by atoms with Gasteiger partial charge in [0.25, 0.3) is 0 Å². The summed E-state index contributed by atoms with van der Waals surface area (Å²) >= 11 is 0. The summed E-state index contributed by atoms with van der Waals surface area (Å²) in [5.41, 5.74) is -0.986. The molecule has 0 aromatic heterocycles. The maximum atomic E-state index is 11.5. The highest BCUT2D eigenvalue weighted by Crippen LogP contribution is 2.19. The van der Waals surface area contributed by atoms with E-state index in [1.165, 1.54) is 0 Å². The van der Waals surface area contributed by atoms with Crippen molar-refractivity contribution in [2.45, 2.75) is 44.5 Å². The Kier molecular flexibility index (Phi) is 3.88. The molecule has 1 aliphatic heterocycles. The molecule has 0 aliphatic carbocycles. The van der Waals surface area contributed by atoms with E-state index in [2.05, 4.69) is 5.32 Å².